The molecular formula is C11H11F3N2O3S. The van der Waals surface area contributed by atoms with Gasteiger partial charge in [-0.1, -0.05) is 6.07 Å². The second-order valence-electron chi connectivity index (χ2n) is 3.57. The number of primary amides is 1. The SMILES string of the molecule is NC(=O)COc1cccc(NC(=O)CSC(F)(F)F)c1. The van der Waals surface area contributed by atoms with Crippen LogP contribution in [-0.4, -0.2) is 29.7 Å². The minimum atomic E-state index is -4.45. The van der Waals surface area contributed by atoms with E-state index >= 15 is 0 Å². The number of carbonyl (C=O) groups is 2. The van der Waals surface area contributed by atoms with Crippen molar-refractivity contribution in [3.8, 4) is 5.75 Å². The lowest BCUT2D eigenvalue weighted by molar-refractivity contribution is -0.120. The van der Waals surface area contributed by atoms with E-state index in [0.717, 1.165) is 0 Å². The highest BCUT2D eigenvalue weighted by Gasteiger charge is 2.29. The largest absolute Gasteiger partial charge is 0.484 e. The van der Waals surface area contributed by atoms with Crippen LogP contribution in [0.3, 0.4) is 0 Å². The standard InChI is InChI=1S/C11H11F3N2O3S/c12-11(13,14)20-6-10(18)16-7-2-1-3-8(4-7)19-5-9(15)17/h1-4H,5-6H2,(H2,15,17)(H,16,18). The topological polar surface area (TPSA) is 81.4 Å². The van der Waals surface area contributed by atoms with E-state index in [2.05, 4.69) is 5.32 Å². The van der Waals surface area contributed by atoms with E-state index in [1.807, 2.05) is 0 Å². The van der Waals surface area contributed by atoms with Gasteiger partial charge in [-0.25, -0.2) is 0 Å². The van der Waals surface area contributed by atoms with Crippen molar-refractivity contribution in [3.63, 3.8) is 0 Å². The Balaban J connectivity index is 2.53. The first-order valence-electron chi connectivity index (χ1n) is 5.28. The molecule has 9 heteroatoms. The van der Waals surface area contributed by atoms with Crippen molar-refractivity contribution in [2.75, 3.05) is 17.7 Å². The Morgan fingerprint density at radius 2 is 2.05 bits per heavy atom. The molecule has 0 saturated heterocycles. The number of hydrogen-bond acceptors (Lipinski definition) is 4. The molecule has 0 bridgehead atoms. The molecule has 0 aliphatic rings. The monoisotopic (exact) mass is 308 g/mol. The summed E-state index contributed by atoms with van der Waals surface area (Å²) in [6, 6.07) is 5.89. The predicted molar refractivity (Wildman–Crippen MR) is 68.3 cm³/mol. The van der Waals surface area contributed by atoms with E-state index in [0.29, 0.717) is 0 Å². The van der Waals surface area contributed by atoms with Gasteiger partial charge in [-0.15, -0.1) is 0 Å². The van der Waals surface area contributed by atoms with Crippen LogP contribution in [0.1, 0.15) is 0 Å². The highest BCUT2D eigenvalue weighted by molar-refractivity contribution is 8.00. The normalized spacial score (nSPS) is 10.9. The summed E-state index contributed by atoms with van der Waals surface area (Å²) in [6.45, 7) is -0.332. The number of ether oxygens (including phenoxy) is 1. The van der Waals surface area contributed by atoms with Gasteiger partial charge in [0, 0.05) is 11.8 Å². The van der Waals surface area contributed by atoms with Crippen LogP contribution in [0.25, 0.3) is 0 Å². The fourth-order valence-corrected chi connectivity index (χ4v) is 1.53. The smallest absolute Gasteiger partial charge is 0.442 e. The first-order chi connectivity index (χ1) is 9.26. The van der Waals surface area contributed by atoms with Gasteiger partial charge in [0.15, 0.2) is 6.61 Å². The van der Waals surface area contributed by atoms with Crippen LogP contribution in [0, 0.1) is 0 Å². The molecule has 5 nitrogen and oxygen atoms in total. The van der Waals surface area contributed by atoms with E-state index in [4.69, 9.17) is 10.5 Å². The van der Waals surface area contributed by atoms with Crippen LogP contribution in [-0.2, 0) is 9.59 Å². The highest BCUT2D eigenvalue weighted by atomic mass is 32.2. The van der Waals surface area contributed by atoms with E-state index in [1.165, 1.54) is 24.3 Å². The number of amides is 2. The molecule has 110 valence electrons. The average Bonchev–Trinajstić information content (AvgIpc) is 2.34. The quantitative estimate of drug-likeness (QED) is 0.839. The van der Waals surface area contributed by atoms with Gasteiger partial charge in [-0.05, 0) is 23.9 Å². The third-order valence-corrected chi connectivity index (χ3v) is 2.60. The minimum Gasteiger partial charge on any atom is -0.484 e. The van der Waals surface area contributed by atoms with Gasteiger partial charge in [0.1, 0.15) is 5.75 Å². The molecule has 0 aliphatic heterocycles. The van der Waals surface area contributed by atoms with Crippen molar-refractivity contribution >= 4 is 29.3 Å². The molecule has 0 atom stereocenters. The summed E-state index contributed by atoms with van der Waals surface area (Å²) >= 11 is -0.425. The van der Waals surface area contributed by atoms with Crippen molar-refractivity contribution in [1.82, 2.24) is 0 Å². The van der Waals surface area contributed by atoms with Crippen LogP contribution in [0.5, 0.6) is 5.75 Å². The molecule has 20 heavy (non-hydrogen) atoms. The number of anilines is 1. The van der Waals surface area contributed by atoms with Gasteiger partial charge in [-0.3, -0.25) is 9.59 Å². The molecule has 3 N–H and O–H groups in total. The fraction of sp³-hybridized carbons (Fsp3) is 0.273. The number of benzene rings is 1. The number of alkyl halides is 3. The molecule has 0 aliphatic carbocycles. The Kier molecular flexibility index (Phi) is 5.68. The average molecular weight is 308 g/mol. The fourth-order valence-electron chi connectivity index (χ4n) is 1.16. The van der Waals surface area contributed by atoms with Crippen LogP contribution in [0.15, 0.2) is 24.3 Å². The van der Waals surface area contributed by atoms with Crippen LogP contribution >= 0.6 is 11.8 Å². The van der Waals surface area contributed by atoms with Gasteiger partial charge in [0.2, 0.25) is 5.91 Å². The van der Waals surface area contributed by atoms with E-state index in [9.17, 15) is 22.8 Å². The van der Waals surface area contributed by atoms with Gasteiger partial charge in [0.25, 0.3) is 5.91 Å². The van der Waals surface area contributed by atoms with E-state index < -0.39 is 34.8 Å². The maximum Gasteiger partial charge on any atom is 0.442 e. The molecule has 0 saturated carbocycles. The van der Waals surface area contributed by atoms with Gasteiger partial charge >= 0.3 is 5.51 Å². The zero-order valence-electron chi connectivity index (χ0n) is 10.1. The summed E-state index contributed by atoms with van der Waals surface area (Å²) in [5, 5.41) is 2.29. The molecule has 0 radical (unpaired) electrons. The van der Waals surface area contributed by atoms with Crippen molar-refractivity contribution in [3.05, 3.63) is 24.3 Å². The lowest BCUT2D eigenvalue weighted by Crippen LogP contribution is -2.20. The van der Waals surface area contributed by atoms with Crippen molar-refractivity contribution in [1.29, 1.82) is 0 Å². The predicted octanol–water partition coefficient (Wildman–Crippen LogP) is 1.74. The maximum absolute atomic E-state index is 11.9. The zero-order chi connectivity index (χ0) is 15.2. The maximum atomic E-state index is 11.9. The summed E-state index contributed by atoms with van der Waals surface area (Å²) < 4.78 is 40.7. The van der Waals surface area contributed by atoms with Crippen LogP contribution in [0.2, 0.25) is 0 Å². The molecule has 0 unspecified atom stereocenters. The highest BCUT2D eigenvalue weighted by Crippen LogP contribution is 2.30. The second kappa shape index (κ2) is 7.04. The summed E-state index contributed by atoms with van der Waals surface area (Å²) in [7, 11) is 0. The molecule has 1 rings (SSSR count). The lowest BCUT2D eigenvalue weighted by atomic mass is 10.3. The first kappa shape index (κ1) is 16.2. The summed E-state index contributed by atoms with van der Waals surface area (Å²) in [4.78, 5) is 21.8. The molecule has 0 heterocycles. The Bertz CT molecular complexity index is 494. The summed E-state index contributed by atoms with van der Waals surface area (Å²) in [5.74, 6) is -1.93. The number of nitrogens with two attached hydrogens (primary N) is 1. The Labute approximate surface area is 116 Å². The number of nitrogens with one attached hydrogen (secondary N) is 1. The Morgan fingerprint density at radius 3 is 2.65 bits per heavy atom. The molecule has 0 aromatic heterocycles. The first-order valence-corrected chi connectivity index (χ1v) is 6.26. The van der Waals surface area contributed by atoms with E-state index in [-0.39, 0.29) is 18.0 Å². The second-order valence-corrected chi connectivity index (χ2v) is 4.61. The van der Waals surface area contributed by atoms with Gasteiger partial charge < -0.3 is 15.8 Å². The molecule has 2 amide bonds. The lowest BCUT2D eigenvalue weighted by Gasteiger charge is -2.09. The minimum absolute atomic E-state index is 0.264. The number of halogens is 3. The number of carbonyl (C=O) groups excluding carboxylic acids is 2. The van der Waals surface area contributed by atoms with Crippen molar-refractivity contribution < 1.29 is 27.5 Å². The third-order valence-electron chi connectivity index (χ3n) is 1.87. The van der Waals surface area contributed by atoms with Crippen LogP contribution < -0.4 is 15.8 Å². The Hall–Kier alpha value is -1.90. The summed E-state index contributed by atoms with van der Waals surface area (Å²) in [6.07, 6.45) is 0. The van der Waals surface area contributed by atoms with Gasteiger partial charge in [-0.2, -0.15) is 13.2 Å². The van der Waals surface area contributed by atoms with E-state index in [1.54, 1.807) is 0 Å². The number of thioether (sulfide) groups is 1. The van der Waals surface area contributed by atoms with Crippen LogP contribution in [0.4, 0.5) is 18.9 Å². The number of hydrogen-bond donors (Lipinski definition) is 2. The molecule has 1 aromatic carbocycles. The number of rotatable bonds is 6. The zero-order valence-corrected chi connectivity index (χ0v) is 10.9. The molecule has 0 spiro atoms. The van der Waals surface area contributed by atoms with Crippen molar-refractivity contribution in [2.45, 2.75) is 5.51 Å². The van der Waals surface area contributed by atoms with Gasteiger partial charge in [0.05, 0.1) is 5.75 Å². The van der Waals surface area contributed by atoms with Crippen molar-refractivity contribution in [2.24, 2.45) is 5.73 Å². The Morgan fingerprint density at radius 1 is 1.35 bits per heavy atom. The molecule has 1 aromatic rings. The molecule has 0 fully saturated rings. The molecular weight excluding hydrogens is 297 g/mol. The summed E-state index contributed by atoms with van der Waals surface area (Å²) in [5.41, 5.74) is 0.705. The third kappa shape index (κ3) is 6.88.